The average Bonchev–Trinajstić information content (AvgIpc) is 3.35. The summed E-state index contributed by atoms with van der Waals surface area (Å²) < 4.78 is 16.8. The number of esters is 3. The first kappa shape index (κ1) is 65.1. The Hall–Kier alpha value is -3.93. The maximum atomic E-state index is 12.8. The van der Waals surface area contributed by atoms with Crippen LogP contribution in [0.1, 0.15) is 252 Å². The molecule has 1 atom stereocenters. The van der Waals surface area contributed by atoms with Crippen molar-refractivity contribution in [3.63, 3.8) is 0 Å². The molecule has 0 unspecified atom stereocenters. The van der Waals surface area contributed by atoms with Crippen LogP contribution in [0.15, 0.2) is 109 Å². The van der Waals surface area contributed by atoms with Gasteiger partial charge in [-0.15, -0.1) is 0 Å². The van der Waals surface area contributed by atoms with E-state index in [1.807, 2.05) is 6.08 Å². The van der Waals surface area contributed by atoms with E-state index in [4.69, 9.17) is 14.2 Å². The Morgan fingerprint density at radius 2 is 0.594 bits per heavy atom. The molecule has 0 aliphatic rings. The lowest BCUT2D eigenvalue weighted by atomic mass is 10.1. The molecule has 69 heavy (non-hydrogen) atoms. The van der Waals surface area contributed by atoms with Gasteiger partial charge in [-0.05, 0) is 116 Å². The van der Waals surface area contributed by atoms with Crippen LogP contribution in [-0.2, 0) is 28.6 Å². The molecule has 0 aromatic carbocycles. The molecule has 0 amide bonds. The second-order valence-corrected chi connectivity index (χ2v) is 18.5. The van der Waals surface area contributed by atoms with E-state index >= 15 is 0 Å². The summed E-state index contributed by atoms with van der Waals surface area (Å²) in [6.07, 6.45) is 76.6. The lowest BCUT2D eigenvalue weighted by Gasteiger charge is -2.18. The van der Waals surface area contributed by atoms with Gasteiger partial charge in [-0.3, -0.25) is 14.4 Å². The van der Waals surface area contributed by atoms with E-state index in [0.29, 0.717) is 19.3 Å². The molecule has 6 nitrogen and oxygen atoms in total. The fourth-order valence-corrected chi connectivity index (χ4v) is 7.49. The molecule has 0 aliphatic carbocycles. The maximum Gasteiger partial charge on any atom is 0.306 e. The highest BCUT2D eigenvalue weighted by Gasteiger charge is 2.19. The lowest BCUT2D eigenvalue weighted by Crippen LogP contribution is -2.30. The minimum atomic E-state index is -0.816. The van der Waals surface area contributed by atoms with E-state index in [9.17, 15) is 14.4 Å². The zero-order chi connectivity index (χ0) is 50.0. The normalized spacial score (nSPS) is 12.9. The third-order valence-electron chi connectivity index (χ3n) is 11.7. The first-order valence-electron chi connectivity index (χ1n) is 28.4. The quantitative estimate of drug-likeness (QED) is 0.0262. The highest BCUT2D eigenvalue weighted by molar-refractivity contribution is 5.71. The van der Waals surface area contributed by atoms with E-state index in [1.165, 1.54) is 109 Å². The third kappa shape index (κ3) is 54.9. The van der Waals surface area contributed by atoms with Gasteiger partial charge in [-0.25, -0.2) is 0 Å². The van der Waals surface area contributed by atoms with Gasteiger partial charge in [0.25, 0.3) is 0 Å². The number of carbonyl (C=O) groups excluding carboxylic acids is 3. The van der Waals surface area contributed by atoms with Crippen molar-refractivity contribution in [2.75, 3.05) is 13.2 Å². The van der Waals surface area contributed by atoms with Gasteiger partial charge in [0.15, 0.2) is 6.10 Å². The number of ether oxygens (including phenoxy) is 3. The van der Waals surface area contributed by atoms with Crippen LogP contribution in [0.4, 0.5) is 0 Å². The summed E-state index contributed by atoms with van der Waals surface area (Å²) in [4.78, 5) is 38.1. The summed E-state index contributed by atoms with van der Waals surface area (Å²) >= 11 is 0. The molecule has 0 rings (SSSR count). The Labute approximate surface area is 425 Å². The van der Waals surface area contributed by atoms with E-state index < -0.39 is 6.10 Å². The van der Waals surface area contributed by atoms with Gasteiger partial charge in [-0.1, -0.05) is 226 Å². The van der Waals surface area contributed by atoms with E-state index in [-0.39, 0.29) is 37.5 Å². The van der Waals surface area contributed by atoms with Crippen molar-refractivity contribution >= 4 is 17.9 Å². The zero-order valence-corrected chi connectivity index (χ0v) is 44.8. The third-order valence-corrected chi connectivity index (χ3v) is 11.7. The number of rotatable bonds is 50. The molecule has 0 saturated heterocycles. The number of carbonyl (C=O) groups is 3. The lowest BCUT2D eigenvalue weighted by molar-refractivity contribution is -0.166. The molecule has 0 bridgehead atoms. The number of hydrogen-bond acceptors (Lipinski definition) is 6. The van der Waals surface area contributed by atoms with Gasteiger partial charge in [0.2, 0.25) is 0 Å². The molecule has 0 aromatic rings. The van der Waals surface area contributed by atoms with Crippen molar-refractivity contribution in [3.8, 4) is 0 Å². The molecule has 0 aliphatic heterocycles. The van der Waals surface area contributed by atoms with Crippen LogP contribution in [0.3, 0.4) is 0 Å². The van der Waals surface area contributed by atoms with Crippen molar-refractivity contribution in [1.29, 1.82) is 0 Å². The maximum absolute atomic E-state index is 12.8. The highest BCUT2D eigenvalue weighted by atomic mass is 16.6. The topological polar surface area (TPSA) is 78.9 Å². The molecule has 0 fully saturated rings. The van der Waals surface area contributed by atoms with E-state index in [2.05, 4.69) is 124 Å². The fourth-order valence-electron chi connectivity index (χ4n) is 7.49. The summed E-state index contributed by atoms with van der Waals surface area (Å²) in [5.41, 5.74) is 0. The van der Waals surface area contributed by atoms with Crippen molar-refractivity contribution in [3.05, 3.63) is 109 Å². The van der Waals surface area contributed by atoms with Crippen LogP contribution >= 0.6 is 0 Å². The Morgan fingerprint density at radius 3 is 1.01 bits per heavy atom. The summed E-state index contributed by atoms with van der Waals surface area (Å²) in [6, 6.07) is 0. The Balaban J connectivity index is 4.49. The van der Waals surface area contributed by atoms with E-state index in [1.54, 1.807) is 0 Å². The molecule has 0 heterocycles. The van der Waals surface area contributed by atoms with Gasteiger partial charge < -0.3 is 14.2 Å². The molecule has 392 valence electrons. The largest absolute Gasteiger partial charge is 0.462 e. The summed E-state index contributed by atoms with van der Waals surface area (Å²) in [5, 5.41) is 0. The second-order valence-electron chi connectivity index (χ2n) is 18.5. The zero-order valence-electron chi connectivity index (χ0n) is 44.8. The van der Waals surface area contributed by atoms with Gasteiger partial charge in [0.05, 0.1) is 0 Å². The van der Waals surface area contributed by atoms with Crippen LogP contribution in [0.5, 0.6) is 0 Å². The predicted molar refractivity (Wildman–Crippen MR) is 297 cm³/mol. The molecule has 0 saturated carbocycles. The highest BCUT2D eigenvalue weighted by Crippen LogP contribution is 2.14. The Morgan fingerprint density at radius 1 is 0.304 bits per heavy atom. The average molecular weight is 958 g/mol. The predicted octanol–water partition coefficient (Wildman–Crippen LogP) is 19.1. The number of unbranched alkanes of at least 4 members (excludes halogenated alkanes) is 21. The minimum Gasteiger partial charge on any atom is -0.462 e. The van der Waals surface area contributed by atoms with Gasteiger partial charge >= 0.3 is 17.9 Å². The van der Waals surface area contributed by atoms with Crippen molar-refractivity contribution in [2.24, 2.45) is 0 Å². The molecule has 0 N–H and O–H groups in total. The van der Waals surface area contributed by atoms with Crippen molar-refractivity contribution < 1.29 is 28.6 Å². The first-order chi connectivity index (χ1) is 34.0. The van der Waals surface area contributed by atoms with Crippen molar-refractivity contribution in [2.45, 2.75) is 258 Å². The second kappa shape index (κ2) is 56.7. The smallest absolute Gasteiger partial charge is 0.306 e. The standard InChI is InChI=1S/C63H104O6/c1-4-7-10-13-16-19-22-25-27-29-31-33-35-38-40-43-46-49-52-55-61(64)67-58-60(69-63(66)57-54-51-48-45-42-37-24-21-18-15-12-9-6-3)59-68-62(65)56-53-50-47-44-41-39-36-34-32-30-28-26-23-20-17-14-11-8-5-2/h7,10,16-17,19-21,24-28,31,33,38,40,46,49,60H,4-6,8-9,11-15,18,22-23,29-30,32,34-37,39,41-45,47-48,50-59H2,1-3H3/b10-7-,19-16-,20-17-,24-21-,27-25-,28-26-,33-31-,40-38-,49-46-/t60-/m1/s1. The van der Waals surface area contributed by atoms with Crippen molar-refractivity contribution in [1.82, 2.24) is 0 Å². The summed E-state index contributed by atoms with van der Waals surface area (Å²) in [5.74, 6) is -1.01. The molecular weight excluding hydrogens is 853 g/mol. The Kier molecular flexibility index (Phi) is 53.4. The molecule has 0 aromatic heterocycles. The van der Waals surface area contributed by atoms with Crippen LogP contribution in [0, 0.1) is 0 Å². The number of hydrogen-bond donors (Lipinski definition) is 0. The van der Waals surface area contributed by atoms with Crippen LogP contribution < -0.4 is 0 Å². The van der Waals surface area contributed by atoms with Gasteiger partial charge in [0, 0.05) is 19.3 Å². The minimum absolute atomic E-state index is 0.108. The van der Waals surface area contributed by atoms with Crippen LogP contribution in [-0.4, -0.2) is 37.2 Å². The SMILES string of the molecule is CC/C=C\C/C=C\C/C=C\C/C=C\C/C=C\C/C=C\CCC(=O)OC[C@H](COC(=O)CCCCCCCCCCC/C=C\C/C=C\CCCCC)OC(=O)CCCCCCC/C=C\CCCCCC. The summed E-state index contributed by atoms with van der Waals surface area (Å²) in [7, 11) is 0. The number of allylic oxidation sites excluding steroid dienone is 18. The van der Waals surface area contributed by atoms with Crippen LogP contribution in [0.25, 0.3) is 0 Å². The molecule has 0 radical (unpaired) electrons. The first-order valence-corrected chi connectivity index (χ1v) is 28.4. The fraction of sp³-hybridized carbons (Fsp3) is 0.667. The van der Waals surface area contributed by atoms with Crippen LogP contribution in [0.2, 0.25) is 0 Å². The Bertz CT molecular complexity index is 1420. The van der Waals surface area contributed by atoms with Gasteiger partial charge in [-0.2, -0.15) is 0 Å². The summed E-state index contributed by atoms with van der Waals surface area (Å²) in [6.45, 7) is 6.41. The monoisotopic (exact) mass is 957 g/mol. The molecule has 6 heteroatoms. The van der Waals surface area contributed by atoms with Gasteiger partial charge in [0.1, 0.15) is 13.2 Å². The molecular formula is C63H104O6. The molecule has 0 spiro atoms. The van der Waals surface area contributed by atoms with E-state index in [0.717, 1.165) is 96.3 Å².